The molecule has 0 atom stereocenters. The SMILES string of the molecule is CCN(CC)c1ccc(N=N/C(C(=O)NCCNC(=O)/C(N=Nc2ccc(N(CC)CC)cc2)=C(\C)O)=C(/C)O)cc1. The summed E-state index contributed by atoms with van der Waals surface area (Å²) in [6.45, 7) is 14.5. The minimum atomic E-state index is -0.658. The van der Waals surface area contributed by atoms with Crippen LogP contribution in [0.15, 0.2) is 91.9 Å². The first kappa shape index (κ1) is 33.5. The van der Waals surface area contributed by atoms with Gasteiger partial charge in [0.25, 0.3) is 11.8 Å². The van der Waals surface area contributed by atoms with Crippen LogP contribution in [-0.2, 0) is 9.59 Å². The molecule has 2 aromatic rings. The molecule has 12 heteroatoms. The molecule has 0 spiro atoms. The Labute approximate surface area is 247 Å². The second-order valence-electron chi connectivity index (χ2n) is 9.16. The van der Waals surface area contributed by atoms with Gasteiger partial charge in [-0.05, 0) is 90.1 Å². The van der Waals surface area contributed by atoms with Crippen LogP contribution in [0, 0.1) is 0 Å². The summed E-state index contributed by atoms with van der Waals surface area (Å²) in [5.41, 5.74) is 2.65. The van der Waals surface area contributed by atoms with E-state index in [0.29, 0.717) is 11.4 Å². The van der Waals surface area contributed by atoms with Gasteiger partial charge in [-0.25, -0.2) is 0 Å². The lowest BCUT2D eigenvalue weighted by Crippen LogP contribution is -2.35. The number of carbonyl (C=O) groups excluding carboxylic acids is 2. The average molecular weight is 579 g/mol. The Kier molecular flexibility index (Phi) is 13.7. The monoisotopic (exact) mass is 578 g/mol. The molecule has 0 saturated carbocycles. The van der Waals surface area contributed by atoms with Gasteiger partial charge in [0.15, 0.2) is 11.4 Å². The zero-order chi connectivity index (χ0) is 31.1. The Hall–Kier alpha value is -4.74. The number of carbonyl (C=O) groups is 2. The van der Waals surface area contributed by atoms with Crippen molar-refractivity contribution in [2.75, 3.05) is 49.1 Å². The van der Waals surface area contributed by atoms with E-state index in [1.165, 1.54) is 13.8 Å². The predicted octanol–water partition coefficient (Wildman–Crippen LogP) is 6.06. The molecule has 12 nitrogen and oxygen atoms in total. The number of benzene rings is 2. The maximum Gasteiger partial charge on any atom is 0.275 e. The third-order valence-corrected chi connectivity index (χ3v) is 6.30. The third-order valence-electron chi connectivity index (χ3n) is 6.30. The fraction of sp³-hybridized carbons (Fsp3) is 0.400. The van der Waals surface area contributed by atoms with Gasteiger partial charge in [0.1, 0.15) is 11.5 Å². The lowest BCUT2D eigenvalue weighted by molar-refractivity contribution is -0.119. The van der Waals surface area contributed by atoms with Crippen molar-refractivity contribution in [1.82, 2.24) is 10.6 Å². The molecule has 0 aliphatic carbocycles. The van der Waals surface area contributed by atoms with Crippen LogP contribution in [-0.4, -0.2) is 61.3 Å². The summed E-state index contributed by atoms with van der Waals surface area (Å²) in [4.78, 5) is 29.6. The van der Waals surface area contributed by atoms with E-state index in [2.05, 4.69) is 68.6 Å². The molecule has 2 aromatic carbocycles. The van der Waals surface area contributed by atoms with Gasteiger partial charge in [-0.1, -0.05) is 0 Å². The van der Waals surface area contributed by atoms with Crippen LogP contribution >= 0.6 is 0 Å². The van der Waals surface area contributed by atoms with Gasteiger partial charge < -0.3 is 30.6 Å². The lowest BCUT2D eigenvalue weighted by Gasteiger charge is -2.20. The maximum absolute atomic E-state index is 12.6. The molecule has 0 fully saturated rings. The van der Waals surface area contributed by atoms with Crippen molar-refractivity contribution in [1.29, 1.82) is 0 Å². The molecular formula is C30H42N8O4. The van der Waals surface area contributed by atoms with E-state index in [0.717, 1.165) is 37.6 Å². The molecule has 4 N–H and O–H groups in total. The molecule has 42 heavy (non-hydrogen) atoms. The fourth-order valence-corrected chi connectivity index (χ4v) is 3.94. The van der Waals surface area contributed by atoms with E-state index >= 15 is 0 Å². The van der Waals surface area contributed by atoms with Gasteiger partial charge in [-0.2, -0.15) is 10.2 Å². The Morgan fingerprint density at radius 3 is 1.19 bits per heavy atom. The molecule has 0 heterocycles. The molecule has 2 amide bonds. The summed E-state index contributed by atoms with van der Waals surface area (Å²) in [7, 11) is 0. The number of allylic oxidation sites excluding steroid dienone is 2. The van der Waals surface area contributed by atoms with Crippen LogP contribution in [0.2, 0.25) is 0 Å². The minimum Gasteiger partial charge on any atom is -0.510 e. The number of amides is 2. The fourth-order valence-electron chi connectivity index (χ4n) is 3.94. The predicted molar refractivity (Wildman–Crippen MR) is 166 cm³/mol. The first-order valence-corrected chi connectivity index (χ1v) is 14.0. The van der Waals surface area contributed by atoms with Crippen LogP contribution < -0.4 is 20.4 Å². The maximum atomic E-state index is 12.6. The number of aliphatic hydroxyl groups excluding tert-OH is 2. The van der Waals surface area contributed by atoms with Gasteiger partial charge in [0.2, 0.25) is 0 Å². The Morgan fingerprint density at radius 2 is 0.929 bits per heavy atom. The van der Waals surface area contributed by atoms with Crippen LogP contribution in [0.1, 0.15) is 41.5 Å². The van der Waals surface area contributed by atoms with E-state index in [9.17, 15) is 19.8 Å². The molecule has 0 unspecified atom stereocenters. The summed E-state index contributed by atoms with van der Waals surface area (Å²) in [6, 6.07) is 14.8. The minimum absolute atomic E-state index is 0.0250. The number of aliphatic hydroxyl groups is 2. The zero-order valence-corrected chi connectivity index (χ0v) is 25.3. The summed E-state index contributed by atoms with van der Waals surface area (Å²) in [5.74, 6) is -1.91. The van der Waals surface area contributed by atoms with Gasteiger partial charge in [-0.15, -0.1) is 10.2 Å². The van der Waals surface area contributed by atoms with Crippen molar-refractivity contribution in [2.24, 2.45) is 20.5 Å². The zero-order valence-electron chi connectivity index (χ0n) is 25.3. The Morgan fingerprint density at radius 1 is 0.619 bits per heavy atom. The largest absolute Gasteiger partial charge is 0.510 e. The number of nitrogens with zero attached hydrogens (tertiary/aromatic N) is 6. The van der Waals surface area contributed by atoms with Crippen LogP contribution in [0.3, 0.4) is 0 Å². The van der Waals surface area contributed by atoms with Gasteiger partial charge >= 0.3 is 0 Å². The molecule has 0 radical (unpaired) electrons. The quantitative estimate of drug-likeness (QED) is 0.0872. The van der Waals surface area contributed by atoms with Crippen molar-refractivity contribution in [2.45, 2.75) is 41.5 Å². The second-order valence-corrected chi connectivity index (χ2v) is 9.16. The van der Waals surface area contributed by atoms with Crippen molar-refractivity contribution in [3.8, 4) is 0 Å². The Bertz CT molecular complexity index is 1180. The number of hydrogen-bond donors (Lipinski definition) is 4. The number of anilines is 2. The molecule has 0 aromatic heterocycles. The highest BCUT2D eigenvalue weighted by atomic mass is 16.3. The molecule has 0 aliphatic heterocycles. The highest BCUT2D eigenvalue weighted by Gasteiger charge is 2.15. The average Bonchev–Trinajstić information content (AvgIpc) is 2.98. The van der Waals surface area contributed by atoms with Crippen molar-refractivity contribution >= 4 is 34.6 Å². The normalized spacial score (nSPS) is 12.6. The van der Waals surface area contributed by atoms with Gasteiger partial charge in [0, 0.05) is 50.6 Å². The summed E-state index contributed by atoms with van der Waals surface area (Å²) in [6.07, 6.45) is 0. The van der Waals surface area contributed by atoms with Crippen LogP contribution in [0.5, 0.6) is 0 Å². The van der Waals surface area contributed by atoms with E-state index in [1.54, 1.807) is 24.3 Å². The van der Waals surface area contributed by atoms with Crippen LogP contribution in [0.25, 0.3) is 0 Å². The van der Waals surface area contributed by atoms with E-state index < -0.39 is 11.8 Å². The van der Waals surface area contributed by atoms with E-state index in [1.807, 2.05) is 24.3 Å². The van der Waals surface area contributed by atoms with E-state index in [4.69, 9.17) is 0 Å². The first-order chi connectivity index (χ1) is 20.1. The van der Waals surface area contributed by atoms with Crippen molar-refractivity contribution in [3.63, 3.8) is 0 Å². The smallest absolute Gasteiger partial charge is 0.275 e. The van der Waals surface area contributed by atoms with Crippen molar-refractivity contribution < 1.29 is 19.8 Å². The number of hydrogen-bond acceptors (Lipinski definition) is 10. The molecule has 0 saturated heterocycles. The number of azo groups is 2. The van der Waals surface area contributed by atoms with E-state index in [-0.39, 0.29) is 36.0 Å². The molecular weight excluding hydrogens is 536 g/mol. The third kappa shape index (κ3) is 10.0. The van der Waals surface area contributed by atoms with Gasteiger partial charge in [0.05, 0.1) is 11.4 Å². The highest BCUT2D eigenvalue weighted by Crippen LogP contribution is 2.22. The first-order valence-electron chi connectivity index (χ1n) is 14.0. The topological polar surface area (TPSA) is 155 Å². The summed E-state index contributed by atoms with van der Waals surface area (Å²) < 4.78 is 0. The second kappa shape index (κ2) is 17.2. The summed E-state index contributed by atoms with van der Waals surface area (Å²) >= 11 is 0. The number of nitrogens with one attached hydrogen (secondary N) is 2. The standard InChI is InChI=1S/C30H42N8O4/c1-7-37(8-2)25-15-11-23(12-16-25)33-35-27(21(5)39)29(41)31-19-20-32-30(42)28(22(6)40)36-34-24-13-17-26(18-14-24)38(9-3)10-4/h11-18,39-40H,7-10,19-20H2,1-6H3,(H,31,41)(H,32,42)/b27-21-,28-22-,35-33?,36-34?. The Balaban J connectivity index is 1.93. The summed E-state index contributed by atoms with van der Waals surface area (Å²) in [5, 5.41) is 41.1. The molecule has 0 aliphatic rings. The number of rotatable bonds is 15. The molecule has 0 bridgehead atoms. The highest BCUT2D eigenvalue weighted by molar-refractivity contribution is 5.94. The van der Waals surface area contributed by atoms with Crippen LogP contribution in [0.4, 0.5) is 22.7 Å². The lowest BCUT2D eigenvalue weighted by atomic mass is 10.2. The van der Waals surface area contributed by atoms with Gasteiger partial charge in [-0.3, -0.25) is 9.59 Å². The molecule has 2 rings (SSSR count). The molecule has 226 valence electrons. The van der Waals surface area contributed by atoms with Crippen molar-refractivity contribution in [3.05, 3.63) is 71.4 Å².